The highest BCUT2D eigenvalue weighted by molar-refractivity contribution is 5.75. The second-order valence-corrected chi connectivity index (χ2v) is 7.18. The number of hydrogen-bond donors (Lipinski definition) is 2. The monoisotopic (exact) mass is 390 g/mol. The van der Waals surface area contributed by atoms with Crippen LogP contribution in [0.5, 0.6) is 0 Å². The second-order valence-electron chi connectivity index (χ2n) is 7.18. The van der Waals surface area contributed by atoms with Crippen molar-refractivity contribution in [1.29, 1.82) is 0 Å². The van der Waals surface area contributed by atoms with Crippen molar-refractivity contribution in [2.75, 3.05) is 20.2 Å². The van der Waals surface area contributed by atoms with Crippen LogP contribution in [-0.2, 0) is 16.1 Å². The first kappa shape index (κ1) is 20.4. The first-order chi connectivity index (χ1) is 13.5. The number of benzene rings is 1. The predicted molar refractivity (Wildman–Crippen MR) is 102 cm³/mol. The Morgan fingerprint density at radius 3 is 2.89 bits per heavy atom. The fourth-order valence-corrected chi connectivity index (χ4v) is 3.36. The number of amides is 1. The van der Waals surface area contributed by atoms with Gasteiger partial charge in [-0.1, -0.05) is 6.92 Å². The van der Waals surface area contributed by atoms with Gasteiger partial charge in [0, 0.05) is 37.9 Å². The van der Waals surface area contributed by atoms with Crippen molar-refractivity contribution < 1.29 is 19.0 Å². The molecule has 0 unspecified atom stereocenters. The molecule has 2 N–H and O–H groups in total. The number of carbonyl (C=O) groups excluding carboxylic acids is 1. The van der Waals surface area contributed by atoms with Gasteiger partial charge in [-0.2, -0.15) is 5.10 Å². The van der Waals surface area contributed by atoms with Crippen molar-refractivity contribution >= 4 is 5.91 Å². The van der Waals surface area contributed by atoms with E-state index >= 15 is 0 Å². The second kappa shape index (κ2) is 9.27. The summed E-state index contributed by atoms with van der Waals surface area (Å²) in [5, 5.41) is 17.7. The van der Waals surface area contributed by atoms with Crippen molar-refractivity contribution in [3.05, 3.63) is 48.0 Å². The fourth-order valence-electron chi connectivity index (χ4n) is 3.36. The molecule has 1 aliphatic heterocycles. The normalized spacial score (nSPS) is 22.4. The largest absolute Gasteiger partial charge is 0.388 e. The molecule has 3 rings (SSSR count). The summed E-state index contributed by atoms with van der Waals surface area (Å²) in [6, 6.07) is 5.87. The third-order valence-corrected chi connectivity index (χ3v) is 4.89. The molecule has 1 aromatic heterocycles. The summed E-state index contributed by atoms with van der Waals surface area (Å²) in [4.78, 5) is 13.7. The van der Waals surface area contributed by atoms with Gasteiger partial charge < -0.3 is 15.2 Å². The van der Waals surface area contributed by atoms with E-state index in [0.29, 0.717) is 32.5 Å². The minimum atomic E-state index is -0.742. The van der Waals surface area contributed by atoms with Crippen LogP contribution in [-0.4, -0.2) is 64.1 Å². The van der Waals surface area contributed by atoms with Crippen molar-refractivity contribution in [3.63, 3.8) is 0 Å². The number of halogens is 1. The molecule has 0 spiro atoms. The van der Waals surface area contributed by atoms with Crippen molar-refractivity contribution in [1.82, 2.24) is 20.0 Å². The Balaban J connectivity index is 1.55. The molecule has 8 heteroatoms. The Kier molecular flexibility index (Phi) is 6.77. The van der Waals surface area contributed by atoms with Crippen molar-refractivity contribution in [2.45, 2.75) is 44.6 Å². The van der Waals surface area contributed by atoms with Gasteiger partial charge in [-0.25, -0.2) is 9.07 Å². The molecule has 28 heavy (non-hydrogen) atoms. The minimum Gasteiger partial charge on any atom is -0.388 e. The van der Waals surface area contributed by atoms with E-state index in [4.69, 9.17) is 4.74 Å². The Morgan fingerprint density at radius 2 is 2.18 bits per heavy atom. The third-order valence-electron chi connectivity index (χ3n) is 4.89. The summed E-state index contributed by atoms with van der Waals surface area (Å²) in [5.74, 6) is -0.346. The number of aromatic nitrogens is 2. The maximum absolute atomic E-state index is 13.1. The lowest BCUT2D eigenvalue weighted by molar-refractivity contribution is -0.129. The van der Waals surface area contributed by atoms with Gasteiger partial charge >= 0.3 is 0 Å². The highest BCUT2D eigenvalue weighted by atomic mass is 19.1. The van der Waals surface area contributed by atoms with Gasteiger partial charge in [0.1, 0.15) is 11.9 Å². The Morgan fingerprint density at radius 1 is 1.43 bits per heavy atom. The summed E-state index contributed by atoms with van der Waals surface area (Å²) in [6.07, 6.45) is 3.56. The lowest BCUT2D eigenvalue weighted by Crippen LogP contribution is -2.55. The molecule has 1 amide bonds. The summed E-state index contributed by atoms with van der Waals surface area (Å²) in [6.45, 7) is 3.45. The molecule has 152 valence electrons. The highest BCUT2D eigenvalue weighted by Gasteiger charge is 2.34. The zero-order valence-corrected chi connectivity index (χ0v) is 16.2. The number of nitrogens with zero attached hydrogens (tertiary/aromatic N) is 3. The van der Waals surface area contributed by atoms with Crippen LogP contribution >= 0.6 is 0 Å². The van der Waals surface area contributed by atoms with Crippen LogP contribution in [0.25, 0.3) is 5.69 Å². The zero-order chi connectivity index (χ0) is 20.1. The van der Waals surface area contributed by atoms with Gasteiger partial charge in [-0.3, -0.25) is 9.69 Å². The van der Waals surface area contributed by atoms with Gasteiger partial charge in [0.15, 0.2) is 0 Å². The summed E-state index contributed by atoms with van der Waals surface area (Å²) in [7, 11) is 1.94. The number of hydrogen-bond acceptors (Lipinski definition) is 5. The molecule has 1 fully saturated rings. The molecule has 0 saturated carbocycles. The molecule has 1 saturated heterocycles. The molecular weight excluding hydrogens is 363 g/mol. The standard InChI is InChI=1S/C20H27FN4O3/c1-3-19(26)23-17-8-9-28-18(20(17)27)13-24(2)11-14-10-22-25(12-14)16-6-4-15(21)5-7-16/h4-7,10,12,17-18,20,27H,3,8-9,11,13H2,1-2H3,(H,23,26)/t17-,18+,20-/m0/s1. The molecule has 1 aromatic carbocycles. The average Bonchev–Trinajstić information content (AvgIpc) is 3.13. The molecule has 1 aliphatic rings. The van der Waals surface area contributed by atoms with Crippen LogP contribution in [0.4, 0.5) is 4.39 Å². The van der Waals surface area contributed by atoms with Crippen LogP contribution in [0.1, 0.15) is 25.3 Å². The maximum Gasteiger partial charge on any atom is 0.220 e. The van der Waals surface area contributed by atoms with Crippen molar-refractivity contribution in [2.24, 2.45) is 0 Å². The van der Waals surface area contributed by atoms with E-state index in [-0.39, 0.29) is 23.9 Å². The van der Waals surface area contributed by atoms with E-state index in [9.17, 15) is 14.3 Å². The van der Waals surface area contributed by atoms with Gasteiger partial charge in [-0.05, 0) is 37.7 Å². The average molecular weight is 390 g/mol. The number of aliphatic hydroxyl groups excluding tert-OH is 1. The number of rotatable bonds is 7. The van der Waals surface area contributed by atoms with Crippen LogP contribution in [0.2, 0.25) is 0 Å². The van der Waals surface area contributed by atoms with Crippen molar-refractivity contribution in [3.8, 4) is 5.69 Å². The molecule has 0 bridgehead atoms. The topological polar surface area (TPSA) is 79.6 Å². The molecule has 0 aliphatic carbocycles. The summed E-state index contributed by atoms with van der Waals surface area (Å²) in [5.41, 5.74) is 1.78. The molecule has 2 heterocycles. The predicted octanol–water partition coefficient (Wildman–Crippen LogP) is 1.49. The van der Waals surface area contributed by atoms with E-state index in [1.807, 2.05) is 18.1 Å². The summed E-state index contributed by atoms with van der Waals surface area (Å²) >= 11 is 0. The first-order valence-corrected chi connectivity index (χ1v) is 9.53. The van der Waals surface area contributed by atoms with E-state index in [1.54, 1.807) is 29.9 Å². The first-order valence-electron chi connectivity index (χ1n) is 9.53. The van der Waals surface area contributed by atoms with Crippen LogP contribution in [0.15, 0.2) is 36.7 Å². The third kappa shape index (κ3) is 5.15. The van der Waals surface area contributed by atoms with Gasteiger partial charge in [0.05, 0.1) is 24.0 Å². The van der Waals surface area contributed by atoms with E-state index in [2.05, 4.69) is 10.4 Å². The molecular formula is C20H27FN4O3. The molecule has 3 atom stereocenters. The zero-order valence-electron chi connectivity index (χ0n) is 16.2. The minimum absolute atomic E-state index is 0.0636. The number of aliphatic hydroxyl groups is 1. The molecule has 7 nitrogen and oxygen atoms in total. The van der Waals surface area contributed by atoms with Crippen LogP contribution in [0.3, 0.4) is 0 Å². The van der Waals surface area contributed by atoms with Gasteiger partial charge in [-0.15, -0.1) is 0 Å². The lowest BCUT2D eigenvalue weighted by Gasteiger charge is -2.37. The van der Waals surface area contributed by atoms with E-state index in [1.165, 1.54) is 12.1 Å². The molecule has 2 aromatic rings. The Labute approximate surface area is 164 Å². The van der Waals surface area contributed by atoms with Crippen LogP contribution in [0, 0.1) is 5.82 Å². The number of nitrogens with one attached hydrogen (secondary N) is 1. The smallest absolute Gasteiger partial charge is 0.220 e. The van der Waals surface area contributed by atoms with Gasteiger partial charge in [0.2, 0.25) is 5.91 Å². The lowest BCUT2D eigenvalue weighted by atomic mass is 9.99. The SMILES string of the molecule is CCC(=O)N[C@H]1CCO[C@H](CN(C)Cc2cnn(-c3ccc(F)cc3)c2)[C@H]1O. The number of ether oxygens (including phenoxy) is 1. The van der Waals surface area contributed by atoms with Crippen LogP contribution < -0.4 is 5.32 Å². The van der Waals surface area contributed by atoms with Gasteiger partial charge in [0.25, 0.3) is 0 Å². The number of carbonyl (C=O) groups is 1. The Hall–Kier alpha value is -2.29. The molecule has 0 radical (unpaired) electrons. The maximum atomic E-state index is 13.1. The quantitative estimate of drug-likeness (QED) is 0.749. The fraction of sp³-hybridized carbons (Fsp3) is 0.500. The van der Waals surface area contributed by atoms with E-state index in [0.717, 1.165) is 11.3 Å². The summed E-state index contributed by atoms with van der Waals surface area (Å²) < 4.78 is 20.5. The highest BCUT2D eigenvalue weighted by Crippen LogP contribution is 2.17. The van der Waals surface area contributed by atoms with E-state index < -0.39 is 6.10 Å². The Bertz CT molecular complexity index is 780. The number of likely N-dealkylation sites (N-methyl/N-ethyl adjacent to an activating group) is 1.